The molecular weight excluding hydrogens is 360 g/mol. The maximum absolute atomic E-state index is 12.8. The minimum absolute atomic E-state index is 0.219. The van der Waals surface area contributed by atoms with Gasteiger partial charge in [0.15, 0.2) is 5.82 Å². The van der Waals surface area contributed by atoms with Crippen LogP contribution in [0.2, 0.25) is 0 Å². The lowest BCUT2D eigenvalue weighted by molar-refractivity contribution is -0.135. The van der Waals surface area contributed by atoms with E-state index in [1.165, 1.54) is 0 Å². The second-order valence-corrected chi connectivity index (χ2v) is 7.18. The van der Waals surface area contributed by atoms with E-state index in [-0.39, 0.29) is 19.0 Å². The fourth-order valence-electron chi connectivity index (χ4n) is 3.88. The first kappa shape index (κ1) is 18.1. The van der Waals surface area contributed by atoms with Crippen molar-refractivity contribution in [1.82, 2.24) is 30.3 Å². The van der Waals surface area contributed by atoms with Crippen LogP contribution in [0.25, 0.3) is 5.82 Å². The maximum atomic E-state index is 12.8. The lowest BCUT2D eigenvalue weighted by Crippen LogP contribution is -2.49. The average molecular weight is 382 g/mol. The van der Waals surface area contributed by atoms with Crippen molar-refractivity contribution in [3.05, 3.63) is 42.4 Å². The van der Waals surface area contributed by atoms with Gasteiger partial charge in [0.2, 0.25) is 5.91 Å². The van der Waals surface area contributed by atoms with Crippen LogP contribution in [0.4, 0.5) is 4.79 Å². The SMILES string of the molecule is O=C(CN1C(=O)NC2(CCCCC2)C1=O)NCc1cccnc1-n1cccn1. The lowest BCUT2D eigenvalue weighted by atomic mass is 9.82. The van der Waals surface area contributed by atoms with Crippen molar-refractivity contribution in [2.75, 3.05) is 6.54 Å². The third-order valence-electron chi connectivity index (χ3n) is 5.32. The van der Waals surface area contributed by atoms with Gasteiger partial charge in [0.1, 0.15) is 12.1 Å². The van der Waals surface area contributed by atoms with Gasteiger partial charge in [-0.25, -0.2) is 14.5 Å². The van der Waals surface area contributed by atoms with Gasteiger partial charge in [0, 0.05) is 30.7 Å². The van der Waals surface area contributed by atoms with Crippen LogP contribution in [-0.2, 0) is 16.1 Å². The molecule has 4 amide bonds. The van der Waals surface area contributed by atoms with E-state index in [0.29, 0.717) is 18.7 Å². The van der Waals surface area contributed by atoms with Crippen molar-refractivity contribution in [2.24, 2.45) is 0 Å². The molecule has 4 rings (SSSR count). The molecule has 9 nitrogen and oxygen atoms in total. The van der Waals surface area contributed by atoms with Gasteiger partial charge in [-0.2, -0.15) is 5.10 Å². The van der Waals surface area contributed by atoms with E-state index in [2.05, 4.69) is 20.7 Å². The lowest BCUT2D eigenvalue weighted by Gasteiger charge is -2.30. The van der Waals surface area contributed by atoms with Gasteiger partial charge in [-0.3, -0.25) is 14.5 Å². The topological polar surface area (TPSA) is 109 Å². The number of carbonyl (C=O) groups is 3. The molecule has 0 aromatic carbocycles. The number of amides is 4. The highest BCUT2D eigenvalue weighted by Gasteiger charge is 2.51. The molecule has 2 aliphatic rings. The van der Waals surface area contributed by atoms with Crippen molar-refractivity contribution in [3.8, 4) is 5.82 Å². The van der Waals surface area contributed by atoms with Crippen LogP contribution in [0.5, 0.6) is 0 Å². The summed E-state index contributed by atoms with van der Waals surface area (Å²) in [5, 5.41) is 9.74. The molecule has 146 valence electrons. The summed E-state index contributed by atoms with van der Waals surface area (Å²) < 4.78 is 1.62. The van der Waals surface area contributed by atoms with Crippen molar-refractivity contribution in [3.63, 3.8) is 0 Å². The monoisotopic (exact) mass is 382 g/mol. The van der Waals surface area contributed by atoms with Crippen LogP contribution in [-0.4, -0.2) is 49.6 Å². The molecule has 2 N–H and O–H groups in total. The van der Waals surface area contributed by atoms with Gasteiger partial charge in [0.05, 0.1) is 0 Å². The molecule has 1 saturated carbocycles. The van der Waals surface area contributed by atoms with Crippen molar-refractivity contribution in [1.29, 1.82) is 0 Å². The van der Waals surface area contributed by atoms with Gasteiger partial charge < -0.3 is 10.6 Å². The highest BCUT2D eigenvalue weighted by Crippen LogP contribution is 2.33. The molecule has 2 aromatic rings. The number of carbonyl (C=O) groups excluding carboxylic acids is 3. The second kappa shape index (κ2) is 7.41. The molecule has 0 bridgehead atoms. The van der Waals surface area contributed by atoms with Crippen LogP contribution < -0.4 is 10.6 Å². The van der Waals surface area contributed by atoms with E-state index < -0.39 is 17.5 Å². The van der Waals surface area contributed by atoms with Gasteiger partial charge in [-0.1, -0.05) is 25.3 Å². The van der Waals surface area contributed by atoms with Crippen molar-refractivity contribution in [2.45, 2.75) is 44.2 Å². The predicted molar refractivity (Wildman–Crippen MR) is 99.3 cm³/mol. The van der Waals surface area contributed by atoms with Crippen LogP contribution in [0.1, 0.15) is 37.7 Å². The number of nitrogens with one attached hydrogen (secondary N) is 2. The van der Waals surface area contributed by atoms with Gasteiger partial charge in [-0.15, -0.1) is 0 Å². The largest absolute Gasteiger partial charge is 0.350 e. The molecule has 2 fully saturated rings. The number of imide groups is 1. The summed E-state index contributed by atoms with van der Waals surface area (Å²) in [5.41, 5.74) is -0.0350. The summed E-state index contributed by atoms with van der Waals surface area (Å²) in [5.74, 6) is -0.0680. The summed E-state index contributed by atoms with van der Waals surface area (Å²) in [6.45, 7) is -0.0690. The van der Waals surface area contributed by atoms with Crippen molar-refractivity contribution < 1.29 is 14.4 Å². The predicted octanol–water partition coefficient (Wildman–Crippen LogP) is 1.14. The molecule has 1 aliphatic heterocycles. The summed E-state index contributed by atoms with van der Waals surface area (Å²) in [7, 11) is 0. The van der Waals surface area contributed by atoms with E-state index in [1.54, 1.807) is 35.4 Å². The third kappa shape index (κ3) is 3.35. The molecule has 0 unspecified atom stereocenters. The molecule has 3 heterocycles. The Morgan fingerprint density at radius 1 is 1.18 bits per heavy atom. The van der Waals surface area contributed by atoms with Crippen LogP contribution in [0.3, 0.4) is 0 Å². The summed E-state index contributed by atoms with van der Waals surface area (Å²) >= 11 is 0. The first-order valence-electron chi connectivity index (χ1n) is 9.44. The van der Waals surface area contributed by atoms with Crippen molar-refractivity contribution >= 4 is 17.8 Å². The first-order chi connectivity index (χ1) is 13.6. The highest BCUT2D eigenvalue weighted by molar-refractivity contribution is 6.09. The Kier molecular flexibility index (Phi) is 4.81. The Morgan fingerprint density at radius 3 is 2.75 bits per heavy atom. The Balaban J connectivity index is 1.39. The Labute approximate surface area is 162 Å². The third-order valence-corrected chi connectivity index (χ3v) is 5.32. The summed E-state index contributed by atoms with van der Waals surface area (Å²) in [4.78, 5) is 42.8. The molecule has 1 saturated heterocycles. The van der Waals surface area contributed by atoms with Crippen LogP contribution in [0.15, 0.2) is 36.8 Å². The number of aromatic nitrogens is 3. The molecule has 9 heteroatoms. The summed E-state index contributed by atoms with van der Waals surface area (Å²) in [6, 6.07) is 4.92. The smallest absolute Gasteiger partial charge is 0.325 e. The van der Waals surface area contributed by atoms with Gasteiger partial charge in [0.25, 0.3) is 5.91 Å². The quantitative estimate of drug-likeness (QED) is 0.754. The molecule has 28 heavy (non-hydrogen) atoms. The van der Waals surface area contributed by atoms with Crippen LogP contribution in [0, 0.1) is 0 Å². The highest BCUT2D eigenvalue weighted by atomic mass is 16.2. The van der Waals surface area contributed by atoms with Gasteiger partial charge in [-0.05, 0) is 25.0 Å². The number of pyridine rings is 1. The zero-order valence-corrected chi connectivity index (χ0v) is 15.4. The molecule has 0 atom stereocenters. The molecule has 0 radical (unpaired) electrons. The Hall–Kier alpha value is -3.23. The standard InChI is InChI=1S/C19H22N6O3/c26-15(13-24-17(27)19(23-18(24)28)7-2-1-3-8-19)21-12-14-6-4-9-20-16(14)25-11-5-10-22-25/h4-6,9-11H,1-3,7-8,12-13H2,(H,21,26)(H,23,28). The zero-order chi connectivity index (χ0) is 19.6. The first-order valence-corrected chi connectivity index (χ1v) is 9.44. The Bertz CT molecular complexity index is 889. The fraction of sp³-hybridized carbons (Fsp3) is 0.421. The molecular formula is C19H22N6O3. The minimum Gasteiger partial charge on any atom is -0.350 e. The van der Waals surface area contributed by atoms with E-state index >= 15 is 0 Å². The number of nitrogens with zero attached hydrogens (tertiary/aromatic N) is 4. The number of rotatable bonds is 5. The molecule has 1 aliphatic carbocycles. The minimum atomic E-state index is -0.813. The van der Waals surface area contributed by atoms with E-state index in [1.807, 2.05) is 6.07 Å². The van der Waals surface area contributed by atoms with E-state index in [4.69, 9.17) is 0 Å². The average Bonchev–Trinajstić information content (AvgIpc) is 3.31. The van der Waals surface area contributed by atoms with E-state index in [9.17, 15) is 14.4 Å². The molecule has 1 spiro atoms. The number of urea groups is 1. The maximum Gasteiger partial charge on any atom is 0.325 e. The number of hydrogen-bond acceptors (Lipinski definition) is 5. The molecule has 2 aromatic heterocycles. The van der Waals surface area contributed by atoms with Gasteiger partial charge >= 0.3 is 6.03 Å². The van der Waals surface area contributed by atoms with Crippen LogP contribution >= 0.6 is 0 Å². The Morgan fingerprint density at radius 2 is 2.00 bits per heavy atom. The fourth-order valence-corrected chi connectivity index (χ4v) is 3.88. The second-order valence-electron chi connectivity index (χ2n) is 7.18. The number of hydrogen-bond donors (Lipinski definition) is 2. The zero-order valence-electron chi connectivity index (χ0n) is 15.4. The van der Waals surface area contributed by atoms with E-state index in [0.717, 1.165) is 29.7 Å². The summed E-state index contributed by atoms with van der Waals surface area (Å²) in [6.07, 6.45) is 9.22. The normalized spacial score (nSPS) is 18.4.